The maximum Gasteiger partial charge on any atom is 0.233 e. The summed E-state index contributed by atoms with van der Waals surface area (Å²) < 4.78 is 26.1. The number of nitrogens with one attached hydrogen (secondary N) is 1. The Kier molecular flexibility index (Phi) is 12.9. The molecule has 5 aromatic rings. The second-order valence-electron chi connectivity index (χ2n) is 13.2. The molecule has 0 bridgehead atoms. The predicted octanol–water partition coefficient (Wildman–Crippen LogP) is 6.63. The maximum absolute atomic E-state index is 11.5. The molecule has 0 unspecified atom stereocenters. The summed E-state index contributed by atoms with van der Waals surface area (Å²) in [6.45, 7) is 6.13. The van der Waals surface area contributed by atoms with Gasteiger partial charge in [0.25, 0.3) is 0 Å². The fraction of sp³-hybridized carbons (Fsp3) is 0.390. The molecule has 1 aliphatic heterocycles. The number of ether oxygens (including phenoxy) is 4. The van der Waals surface area contributed by atoms with Crippen LogP contribution in [0.25, 0.3) is 11.0 Å². The van der Waals surface area contributed by atoms with Gasteiger partial charge in [0.1, 0.15) is 23.2 Å². The summed E-state index contributed by atoms with van der Waals surface area (Å²) in [7, 11) is 3.27. The van der Waals surface area contributed by atoms with Crippen molar-refractivity contribution in [1.82, 2.24) is 24.6 Å². The molecule has 0 spiro atoms. The number of rotatable bonds is 19. The molecule has 6 rings (SSSR count). The zero-order valence-corrected chi connectivity index (χ0v) is 31.3. The first-order valence-electron chi connectivity index (χ1n) is 18.5. The van der Waals surface area contributed by atoms with E-state index < -0.39 is 24.0 Å². The molecule has 13 nitrogen and oxygen atoms in total. The van der Waals surface area contributed by atoms with Gasteiger partial charge in [0.15, 0.2) is 17.7 Å². The van der Waals surface area contributed by atoms with Gasteiger partial charge in [-0.1, -0.05) is 81.3 Å². The lowest BCUT2D eigenvalue weighted by Gasteiger charge is -2.37. The van der Waals surface area contributed by atoms with Crippen LogP contribution in [-0.4, -0.2) is 88.6 Å². The van der Waals surface area contributed by atoms with E-state index >= 15 is 0 Å². The van der Waals surface area contributed by atoms with Crippen LogP contribution in [0.3, 0.4) is 0 Å². The zero-order chi connectivity index (χ0) is 37.9. The molecule has 1 aliphatic rings. The average molecular weight is 736 g/mol. The van der Waals surface area contributed by atoms with Crippen LogP contribution in [0, 0.1) is 0 Å². The largest absolute Gasteiger partial charge is 0.497 e. The number of hydrogen-bond acceptors (Lipinski definition) is 10. The summed E-state index contributed by atoms with van der Waals surface area (Å²) in [6, 6.07) is 25.5. The summed E-state index contributed by atoms with van der Waals surface area (Å²) in [6.07, 6.45) is 6.17. The van der Waals surface area contributed by atoms with Crippen molar-refractivity contribution in [3.05, 3.63) is 102 Å². The summed E-state index contributed by atoms with van der Waals surface area (Å²) in [5, 5.41) is 19.2. The number of carbonyl (C=O) groups is 1. The van der Waals surface area contributed by atoms with E-state index in [1.165, 1.54) is 0 Å². The monoisotopic (exact) mass is 735 g/mol. The molecule has 54 heavy (non-hydrogen) atoms. The molecule has 0 aliphatic carbocycles. The van der Waals surface area contributed by atoms with Crippen molar-refractivity contribution in [2.75, 3.05) is 39.2 Å². The lowest BCUT2D eigenvalue weighted by molar-refractivity contribution is -0.105. The molecular weight excluding hydrogens is 686 g/mol. The molecule has 1 fully saturated rings. The molecule has 3 atom stereocenters. The highest BCUT2D eigenvalue weighted by atomic mass is 16.6. The first kappa shape index (κ1) is 38.4. The molecule has 3 aromatic carbocycles. The Morgan fingerprint density at radius 1 is 0.926 bits per heavy atom. The van der Waals surface area contributed by atoms with Crippen molar-refractivity contribution in [3.8, 4) is 11.5 Å². The highest BCUT2D eigenvalue weighted by Gasteiger charge is 2.42. The molecule has 1 amide bonds. The molecule has 2 aromatic heterocycles. The average Bonchev–Trinajstić information content (AvgIpc) is 3.81. The van der Waals surface area contributed by atoms with E-state index in [0.717, 1.165) is 55.5 Å². The normalized spacial score (nSPS) is 17.2. The number of unbranched alkanes of at least 4 members (excludes halogenated alkanes) is 2. The molecule has 1 saturated heterocycles. The minimum absolute atomic E-state index is 0.0393. The van der Waals surface area contributed by atoms with Crippen LogP contribution >= 0.6 is 0 Å². The number of hydrogen-bond donors (Lipinski definition) is 2. The number of nitrogens with zero attached hydrogens (tertiary/aromatic N) is 6. The van der Waals surface area contributed by atoms with Crippen molar-refractivity contribution in [1.29, 1.82) is 0 Å². The highest BCUT2D eigenvalue weighted by Crippen LogP contribution is 2.43. The minimum atomic E-state index is -1.09. The lowest BCUT2D eigenvalue weighted by Crippen LogP contribution is -2.38. The fourth-order valence-corrected chi connectivity index (χ4v) is 6.72. The van der Waals surface area contributed by atoms with Gasteiger partial charge in [0.05, 0.1) is 44.9 Å². The van der Waals surface area contributed by atoms with E-state index in [1.54, 1.807) is 25.1 Å². The number of aliphatic hydroxyl groups is 1. The van der Waals surface area contributed by atoms with Crippen LogP contribution < -0.4 is 14.8 Å². The van der Waals surface area contributed by atoms with Crippen molar-refractivity contribution in [3.63, 3.8) is 0 Å². The van der Waals surface area contributed by atoms with Gasteiger partial charge in [0.2, 0.25) is 12.4 Å². The number of aliphatic imine (C=N–C) groups is 1. The summed E-state index contributed by atoms with van der Waals surface area (Å²) in [5.41, 5.74) is 1.96. The van der Waals surface area contributed by atoms with Crippen LogP contribution in [0.15, 0.2) is 90.1 Å². The zero-order valence-electron chi connectivity index (χ0n) is 31.3. The van der Waals surface area contributed by atoms with Crippen molar-refractivity contribution < 1.29 is 28.8 Å². The van der Waals surface area contributed by atoms with E-state index in [1.807, 2.05) is 85.2 Å². The third kappa shape index (κ3) is 8.38. The number of aliphatic hydroxyl groups excluding tert-OH is 1. The van der Waals surface area contributed by atoms with E-state index in [-0.39, 0.29) is 19.0 Å². The van der Waals surface area contributed by atoms with Gasteiger partial charge in [-0.05, 0) is 53.8 Å². The number of amides is 1. The standard InChI is InChI=1S/C41H49N7O6/c1-5-7-22-47(23-8-6-2)27-42-38-34-25-44-48(39(34)46-40(45-38)43-28-49)37-24-35(50)36(54-37)26-53-41(29-12-10-9-11-13-29,30-14-18-32(51-3)19-15-30)31-16-20-33(52-4)21-17-31/h9-21,25,27-28,35-37,50H,5-8,22-24,26H2,1-4H3,(H,43,45,46,49)/b42-27+/t35-,36+,37+/m0/s1. The summed E-state index contributed by atoms with van der Waals surface area (Å²) in [5.74, 6) is 1.89. The Hall–Kier alpha value is -5.37. The lowest BCUT2D eigenvalue weighted by atomic mass is 9.80. The highest BCUT2D eigenvalue weighted by molar-refractivity contribution is 5.88. The second kappa shape index (κ2) is 18.1. The number of carbonyl (C=O) groups excluding carboxylic acids is 1. The van der Waals surface area contributed by atoms with Crippen LogP contribution in [0.5, 0.6) is 11.5 Å². The molecule has 2 N–H and O–H groups in total. The maximum atomic E-state index is 11.5. The van der Waals surface area contributed by atoms with Crippen molar-refractivity contribution >= 4 is 35.5 Å². The van der Waals surface area contributed by atoms with Gasteiger partial charge in [-0.3, -0.25) is 10.1 Å². The van der Waals surface area contributed by atoms with Gasteiger partial charge >= 0.3 is 0 Å². The van der Waals surface area contributed by atoms with E-state index in [9.17, 15) is 9.90 Å². The van der Waals surface area contributed by atoms with Crippen LogP contribution in [0.1, 0.15) is 68.9 Å². The third-order valence-corrected chi connectivity index (χ3v) is 9.68. The third-order valence-electron chi connectivity index (χ3n) is 9.68. The Labute approximate surface area is 316 Å². The SMILES string of the molecule is CCCCN(/C=N/c1nc(NC=O)nc2c1cnn2[C@H]1C[C@H](O)[C@@H](COC(c2ccccc2)(c2ccc(OC)cc2)c2ccc(OC)cc2)O1)CCCC. The molecule has 0 saturated carbocycles. The summed E-state index contributed by atoms with van der Waals surface area (Å²) >= 11 is 0. The quantitative estimate of drug-likeness (QED) is 0.0410. The van der Waals surface area contributed by atoms with Gasteiger partial charge in [-0.25, -0.2) is 9.67 Å². The number of benzene rings is 3. The van der Waals surface area contributed by atoms with Crippen molar-refractivity contribution in [2.24, 2.45) is 4.99 Å². The molecular formula is C41H49N7O6. The Morgan fingerprint density at radius 2 is 1.54 bits per heavy atom. The molecule has 13 heteroatoms. The smallest absolute Gasteiger partial charge is 0.233 e. The van der Waals surface area contributed by atoms with Gasteiger partial charge in [-0.2, -0.15) is 15.1 Å². The van der Waals surface area contributed by atoms with Crippen molar-refractivity contribution in [2.45, 2.75) is 70.0 Å². The van der Waals surface area contributed by atoms with E-state index in [4.69, 9.17) is 23.9 Å². The predicted molar refractivity (Wildman–Crippen MR) is 207 cm³/mol. The first-order valence-corrected chi connectivity index (χ1v) is 18.5. The van der Waals surface area contributed by atoms with Gasteiger partial charge < -0.3 is 29.0 Å². The Bertz CT molecular complexity index is 1910. The van der Waals surface area contributed by atoms with Crippen LogP contribution in [0.4, 0.5) is 11.8 Å². The Balaban J connectivity index is 1.31. The fourth-order valence-electron chi connectivity index (χ4n) is 6.72. The van der Waals surface area contributed by atoms with Crippen LogP contribution in [-0.2, 0) is 19.9 Å². The molecule has 0 radical (unpaired) electrons. The van der Waals surface area contributed by atoms with Gasteiger partial charge in [0, 0.05) is 19.5 Å². The number of aromatic nitrogens is 4. The number of fused-ring (bicyclic) bond motifs is 1. The summed E-state index contributed by atoms with van der Waals surface area (Å²) in [4.78, 5) is 27.5. The Morgan fingerprint density at radius 3 is 2.11 bits per heavy atom. The van der Waals surface area contributed by atoms with Crippen LogP contribution in [0.2, 0.25) is 0 Å². The number of methoxy groups -OCH3 is 2. The number of anilines is 1. The molecule has 3 heterocycles. The van der Waals surface area contributed by atoms with E-state index in [0.29, 0.717) is 34.8 Å². The minimum Gasteiger partial charge on any atom is -0.497 e. The topological polar surface area (TPSA) is 145 Å². The molecule has 284 valence electrons. The second-order valence-corrected chi connectivity index (χ2v) is 13.2. The van der Waals surface area contributed by atoms with Gasteiger partial charge in [-0.15, -0.1) is 0 Å². The first-order chi connectivity index (χ1) is 26.4. The van der Waals surface area contributed by atoms with E-state index in [2.05, 4.69) is 39.1 Å².